The lowest BCUT2D eigenvalue weighted by Crippen LogP contribution is -2.40. The first kappa shape index (κ1) is 24.1. The number of hydrogen-bond acceptors (Lipinski definition) is 2. The molecule has 146 valence electrons. The van der Waals surface area contributed by atoms with Crippen molar-refractivity contribution in [3.8, 4) is 0 Å². The van der Waals surface area contributed by atoms with Crippen molar-refractivity contribution in [2.24, 2.45) is 0 Å². The summed E-state index contributed by atoms with van der Waals surface area (Å²) in [6.45, 7) is 21.2. The maximum absolute atomic E-state index is 6.23. The van der Waals surface area contributed by atoms with Gasteiger partial charge in [0.2, 0.25) is 0 Å². The van der Waals surface area contributed by atoms with E-state index in [-0.39, 0.29) is 5.60 Å². The summed E-state index contributed by atoms with van der Waals surface area (Å²) >= 11 is 0. The van der Waals surface area contributed by atoms with Crippen LogP contribution in [0.25, 0.3) is 0 Å². The van der Waals surface area contributed by atoms with Crippen molar-refractivity contribution in [3.63, 3.8) is 0 Å². The Balaban J connectivity index is 3.47. The molecule has 1 unspecified atom stereocenters. The van der Waals surface area contributed by atoms with Gasteiger partial charge in [0.1, 0.15) is 0 Å². The smallest absolute Gasteiger partial charge is 0.191 e. The predicted octanol–water partition coefficient (Wildman–Crippen LogP) is 7.33. The fraction of sp³-hybridized carbons (Fsp3) is 1.00. The van der Waals surface area contributed by atoms with Gasteiger partial charge < -0.3 is 9.16 Å². The number of hydrogen-bond donors (Lipinski definition) is 0. The summed E-state index contributed by atoms with van der Waals surface area (Å²) in [5.41, 5.74) is -0.00804. The summed E-state index contributed by atoms with van der Waals surface area (Å²) in [7, 11) is -1.53. The fourth-order valence-electron chi connectivity index (χ4n) is 2.62. The van der Waals surface area contributed by atoms with E-state index in [1.807, 2.05) is 0 Å². The molecule has 0 amide bonds. The van der Waals surface area contributed by atoms with Gasteiger partial charge in [0, 0.05) is 6.61 Å². The maximum atomic E-state index is 6.23. The SMILES string of the molecule is CC(CCCCCCCCCO[Si](C)(C)C(C)(C)C)OC(C)(C)C. The highest BCUT2D eigenvalue weighted by atomic mass is 28.4. The largest absolute Gasteiger partial charge is 0.417 e. The van der Waals surface area contributed by atoms with Crippen LogP contribution in [0.2, 0.25) is 18.1 Å². The molecule has 0 saturated heterocycles. The lowest BCUT2D eigenvalue weighted by atomic mass is 10.1. The van der Waals surface area contributed by atoms with Crippen molar-refractivity contribution in [2.45, 2.75) is 130 Å². The second-order valence-corrected chi connectivity index (χ2v) is 14.7. The van der Waals surface area contributed by atoms with Crippen molar-refractivity contribution in [3.05, 3.63) is 0 Å². The zero-order chi connectivity index (χ0) is 18.9. The Labute approximate surface area is 154 Å². The molecular formula is C21H46O2Si. The van der Waals surface area contributed by atoms with Crippen LogP contribution in [0.1, 0.15) is 99.8 Å². The molecule has 0 fully saturated rings. The molecule has 0 aromatic rings. The Morgan fingerprint density at radius 3 is 1.67 bits per heavy atom. The molecule has 0 bridgehead atoms. The average Bonchev–Trinajstić information content (AvgIpc) is 2.37. The Kier molecular flexibility index (Phi) is 11.0. The molecule has 0 rings (SSSR count). The van der Waals surface area contributed by atoms with Crippen LogP contribution in [-0.2, 0) is 9.16 Å². The van der Waals surface area contributed by atoms with Gasteiger partial charge >= 0.3 is 0 Å². The first-order valence-corrected chi connectivity index (χ1v) is 13.1. The normalized spacial score (nSPS) is 14.9. The van der Waals surface area contributed by atoms with Crippen LogP contribution >= 0.6 is 0 Å². The molecule has 0 radical (unpaired) electrons. The third-order valence-corrected chi connectivity index (χ3v) is 9.62. The third kappa shape index (κ3) is 12.5. The zero-order valence-corrected chi connectivity index (χ0v) is 19.3. The molecule has 0 aliphatic carbocycles. The summed E-state index contributed by atoms with van der Waals surface area (Å²) in [5.74, 6) is 0. The molecule has 0 aliphatic rings. The molecule has 24 heavy (non-hydrogen) atoms. The predicted molar refractivity (Wildman–Crippen MR) is 110 cm³/mol. The van der Waals surface area contributed by atoms with Gasteiger partial charge in [-0.05, 0) is 58.7 Å². The van der Waals surface area contributed by atoms with E-state index in [9.17, 15) is 0 Å². The lowest BCUT2D eigenvalue weighted by Gasteiger charge is -2.36. The highest BCUT2D eigenvalue weighted by Crippen LogP contribution is 2.36. The van der Waals surface area contributed by atoms with Gasteiger partial charge in [0.15, 0.2) is 8.32 Å². The zero-order valence-electron chi connectivity index (χ0n) is 18.3. The first-order valence-electron chi connectivity index (χ1n) is 10.2. The number of unbranched alkanes of at least 4 members (excludes halogenated alkanes) is 6. The average molecular weight is 359 g/mol. The van der Waals surface area contributed by atoms with E-state index < -0.39 is 8.32 Å². The minimum absolute atomic E-state index is 0.00804. The molecule has 2 nitrogen and oxygen atoms in total. The fourth-order valence-corrected chi connectivity index (χ4v) is 3.71. The van der Waals surface area contributed by atoms with Crippen LogP contribution < -0.4 is 0 Å². The Morgan fingerprint density at radius 2 is 1.21 bits per heavy atom. The minimum Gasteiger partial charge on any atom is -0.417 e. The Bertz CT molecular complexity index is 313. The van der Waals surface area contributed by atoms with Crippen LogP contribution in [0.5, 0.6) is 0 Å². The summed E-state index contributed by atoms with van der Waals surface area (Å²) < 4.78 is 12.2. The van der Waals surface area contributed by atoms with Gasteiger partial charge in [-0.2, -0.15) is 0 Å². The van der Waals surface area contributed by atoms with Crippen LogP contribution in [0, 0.1) is 0 Å². The second-order valence-electron chi connectivity index (χ2n) is 9.91. The summed E-state index contributed by atoms with van der Waals surface area (Å²) in [6.07, 6.45) is 10.9. The summed E-state index contributed by atoms with van der Waals surface area (Å²) in [5, 5.41) is 0.334. The van der Waals surface area contributed by atoms with Gasteiger partial charge in [-0.15, -0.1) is 0 Å². The van der Waals surface area contributed by atoms with Crippen molar-refractivity contribution in [1.29, 1.82) is 0 Å². The summed E-state index contributed by atoms with van der Waals surface area (Å²) in [6, 6.07) is 0. The molecule has 0 heterocycles. The molecule has 0 N–H and O–H groups in total. The van der Waals surface area contributed by atoms with Gasteiger partial charge in [0.05, 0.1) is 11.7 Å². The van der Waals surface area contributed by atoms with Gasteiger partial charge in [-0.1, -0.05) is 59.3 Å². The number of ether oxygens (including phenoxy) is 1. The third-order valence-electron chi connectivity index (χ3n) is 5.08. The van der Waals surface area contributed by atoms with E-state index in [2.05, 4.69) is 61.6 Å². The lowest BCUT2D eigenvalue weighted by molar-refractivity contribution is -0.0549. The van der Waals surface area contributed by atoms with E-state index in [0.717, 1.165) is 6.61 Å². The molecule has 3 heteroatoms. The number of rotatable bonds is 12. The van der Waals surface area contributed by atoms with Crippen LogP contribution in [0.3, 0.4) is 0 Å². The van der Waals surface area contributed by atoms with Crippen molar-refractivity contribution in [2.75, 3.05) is 6.61 Å². The topological polar surface area (TPSA) is 18.5 Å². The van der Waals surface area contributed by atoms with Crippen LogP contribution in [0.4, 0.5) is 0 Å². The summed E-state index contributed by atoms with van der Waals surface area (Å²) in [4.78, 5) is 0. The van der Waals surface area contributed by atoms with Gasteiger partial charge in [0.25, 0.3) is 0 Å². The quantitative estimate of drug-likeness (QED) is 0.268. The van der Waals surface area contributed by atoms with E-state index in [1.165, 1.54) is 51.4 Å². The Hall–Kier alpha value is 0.137. The maximum Gasteiger partial charge on any atom is 0.191 e. The monoisotopic (exact) mass is 358 g/mol. The molecule has 0 aromatic carbocycles. The van der Waals surface area contributed by atoms with E-state index in [1.54, 1.807) is 0 Å². The van der Waals surface area contributed by atoms with Gasteiger partial charge in [-0.3, -0.25) is 0 Å². The molecule has 0 saturated carbocycles. The van der Waals surface area contributed by atoms with Crippen molar-refractivity contribution >= 4 is 8.32 Å². The van der Waals surface area contributed by atoms with E-state index in [0.29, 0.717) is 11.1 Å². The van der Waals surface area contributed by atoms with Gasteiger partial charge in [-0.25, -0.2) is 0 Å². The second kappa shape index (κ2) is 11.0. The van der Waals surface area contributed by atoms with E-state index in [4.69, 9.17) is 9.16 Å². The van der Waals surface area contributed by atoms with Crippen LogP contribution in [-0.4, -0.2) is 26.6 Å². The van der Waals surface area contributed by atoms with Crippen molar-refractivity contribution in [1.82, 2.24) is 0 Å². The van der Waals surface area contributed by atoms with Crippen LogP contribution in [0.15, 0.2) is 0 Å². The molecule has 0 aliphatic heterocycles. The van der Waals surface area contributed by atoms with E-state index >= 15 is 0 Å². The first-order chi connectivity index (χ1) is 10.9. The highest BCUT2D eigenvalue weighted by Gasteiger charge is 2.36. The van der Waals surface area contributed by atoms with Crippen molar-refractivity contribution < 1.29 is 9.16 Å². The molecule has 0 spiro atoms. The highest BCUT2D eigenvalue weighted by molar-refractivity contribution is 6.74. The minimum atomic E-state index is -1.53. The Morgan fingerprint density at radius 1 is 0.750 bits per heavy atom. The standard InChI is InChI=1S/C21H46O2Si/c1-19(23-20(2,3)4)17-15-13-11-10-12-14-16-18-22-24(8,9)21(5,6)7/h19H,10-18H2,1-9H3. The molecule has 1 atom stereocenters. The molecule has 0 aromatic heterocycles. The molecular weight excluding hydrogens is 312 g/mol.